The number of hydrogen-bond donors (Lipinski definition) is 4. The molecule has 0 aliphatic carbocycles. The Morgan fingerprint density at radius 3 is 2.84 bits per heavy atom. The molecule has 4 N–H and O–H groups in total. The molecule has 0 bridgehead atoms. The molecule has 7 atom stereocenters. The lowest BCUT2D eigenvalue weighted by atomic mass is 10.2. The standard InChI is InChI=1S/C22H25FN8O9P2S/c1-24-18-17-20(27-8-25-18)31(10-29-17)15-3-2-11(38-15)7-37-42(35,43)40-14-4-12(6-36-41(33)34)39-22(14)30-5-13(23)16-19(30)26-9-28-21(16)32/h5,8-12,14-15,22H,2-4,6-7H2,1H3,(H3-,24,25,26,27,28,32,33,34,35,43)/p+1/t11?,12-,14+,15+,22+,42?/m0/s1. The predicted octanol–water partition coefficient (Wildman–Crippen LogP) is 2.00. The van der Waals surface area contributed by atoms with Crippen molar-refractivity contribution in [3.8, 4) is 0 Å². The predicted molar refractivity (Wildman–Crippen MR) is 150 cm³/mol. The van der Waals surface area contributed by atoms with Crippen molar-refractivity contribution in [3.63, 3.8) is 0 Å². The van der Waals surface area contributed by atoms with Crippen LogP contribution in [-0.4, -0.2) is 82.4 Å². The average molecular weight is 660 g/mol. The third-order valence-electron chi connectivity index (χ3n) is 7.04. The van der Waals surface area contributed by atoms with Crippen LogP contribution in [0.4, 0.5) is 10.2 Å². The highest BCUT2D eigenvalue weighted by Crippen LogP contribution is 2.50. The van der Waals surface area contributed by atoms with E-state index in [1.165, 1.54) is 10.9 Å². The molecule has 2 saturated heterocycles. The van der Waals surface area contributed by atoms with E-state index in [4.69, 9.17) is 39.7 Å². The fourth-order valence-electron chi connectivity index (χ4n) is 5.19. The molecule has 2 fully saturated rings. The van der Waals surface area contributed by atoms with Gasteiger partial charge in [-0.05, 0) is 24.6 Å². The number of aromatic nitrogens is 7. The fourth-order valence-corrected chi connectivity index (χ4v) is 6.95. The molecule has 43 heavy (non-hydrogen) atoms. The molecule has 0 radical (unpaired) electrons. The van der Waals surface area contributed by atoms with Crippen LogP contribution in [0.3, 0.4) is 0 Å². The molecule has 0 saturated carbocycles. The number of nitrogens with zero attached hydrogens (tertiary/aromatic N) is 6. The second-order valence-corrected chi connectivity index (χ2v) is 13.3. The lowest BCUT2D eigenvalue weighted by Crippen LogP contribution is -2.23. The summed E-state index contributed by atoms with van der Waals surface area (Å²) < 4.78 is 57.1. The Labute approximate surface area is 247 Å². The summed E-state index contributed by atoms with van der Waals surface area (Å²) >= 11 is 5.28. The van der Waals surface area contributed by atoms with Crippen LogP contribution < -0.4 is 10.9 Å². The molecular formula is C22H26FN8O9P2S+. The average Bonchev–Trinajstić information content (AvgIpc) is 3.76. The SMILES string of the molecule is CNc1ncnc2c1ncn2[C@H]1CCC(COP(O)(=S)O[C@@H]2C[C@@H](CO[P+](=O)O)O[C@H]2n2cc(F)c3c(=O)[nH]cnc32)O1. The third-order valence-corrected chi connectivity index (χ3v) is 9.00. The smallest absolute Gasteiger partial charge is 0.371 e. The Morgan fingerprint density at radius 1 is 1.21 bits per heavy atom. The number of aromatic amines is 1. The number of H-pyrrole nitrogens is 1. The first-order valence-electron chi connectivity index (χ1n) is 13.0. The van der Waals surface area contributed by atoms with Gasteiger partial charge in [0.2, 0.25) is 0 Å². The lowest BCUT2D eigenvalue weighted by Gasteiger charge is -2.25. The van der Waals surface area contributed by atoms with Gasteiger partial charge < -0.3 is 38.3 Å². The number of rotatable bonds is 11. The summed E-state index contributed by atoms with van der Waals surface area (Å²) in [6.07, 6.45) is 2.67. The highest BCUT2D eigenvalue weighted by molar-refractivity contribution is 8.07. The zero-order chi connectivity index (χ0) is 30.3. The van der Waals surface area contributed by atoms with Crippen LogP contribution in [0.2, 0.25) is 0 Å². The molecule has 2 aliphatic rings. The van der Waals surface area contributed by atoms with Crippen molar-refractivity contribution in [2.24, 2.45) is 0 Å². The van der Waals surface area contributed by atoms with Crippen LogP contribution in [0.5, 0.6) is 0 Å². The van der Waals surface area contributed by atoms with E-state index in [2.05, 4.69) is 30.2 Å². The van der Waals surface area contributed by atoms with Gasteiger partial charge in [-0.25, -0.2) is 24.3 Å². The van der Waals surface area contributed by atoms with Crippen molar-refractivity contribution in [1.82, 2.24) is 34.1 Å². The van der Waals surface area contributed by atoms with Gasteiger partial charge in [-0.3, -0.25) is 9.36 Å². The molecule has 2 aliphatic heterocycles. The summed E-state index contributed by atoms with van der Waals surface area (Å²) in [5, 5.41) is 2.68. The molecule has 0 spiro atoms. The van der Waals surface area contributed by atoms with Crippen LogP contribution in [0.15, 0.2) is 30.0 Å². The number of imidazole rings is 1. The topological polar surface area (TPSA) is 210 Å². The van der Waals surface area contributed by atoms with Gasteiger partial charge in [0.25, 0.3) is 5.56 Å². The van der Waals surface area contributed by atoms with E-state index in [1.54, 1.807) is 17.9 Å². The minimum atomic E-state index is -3.93. The van der Waals surface area contributed by atoms with Gasteiger partial charge in [0, 0.05) is 24.2 Å². The quantitative estimate of drug-likeness (QED) is 0.170. The second-order valence-electron chi connectivity index (χ2n) is 9.73. The van der Waals surface area contributed by atoms with Crippen LogP contribution >= 0.6 is 15.0 Å². The van der Waals surface area contributed by atoms with Gasteiger partial charge >= 0.3 is 15.0 Å². The first-order valence-corrected chi connectivity index (χ1v) is 16.7. The van der Waals surface area contributed by atoms with Gasteiger partial charge in [-0.1, -0.05) is 0 Å². The minimum absolute atomic E-state index is 0.0345. The van der Waals surface area contributed by atoms with Crippen LogP contribution in [0.1, 0.15) is 31.7 Å². The first-order chi connectivity index (χ1) is 20.6. The Morgan fingerprint density at radius 2 is 2.05 bits per heavy atom. The summed E-state index contributed by atoms with van der Waals surface area (Å²) in [5.74, 6) is -0.261. The minimum Gasteiger partial charge on any atom is -0.371 e. The number of hydrogen-bond acceptors (Lipinski definition) is 13. The van der Waals surface area contributed by atoms with Gasteiger partial charge in [-0.2, -0.15) is 0 Å². The summed E-state index contributed by atoms with van der Waals surface area (Å²) in [4.78, 5) is 51.4. The monoisotopic (exact) mass is 659 g/mol. The van der Waals surface area contributed by atoms with Gasteiger partial charge in [0.1, 0.15) is 36.2 Å². The van der Waals surface area contributed by atoms with E-state index in [9.17, 15) is 18.6 Å². The van der Waals surface area contributed by atoms with Crippen LogP contribution in [-0.2, 0) is 39.4 Å². The Hall–Kier alpha value is -2.83. The largest absolute Gasteiger partial charge is 0.694 e. The number of anilines is 1. The van der Waals surface area contributed by atoms with Gasteiger partial charge in [0.05, 0.1) is 31.5 Å². The van der Waals surface area contributed by atoms with Crippen LogP contribution in [0.25, 0.3) is 22.2 Å². The second kappa shape index (κ2) is 12.3. The van der Waals surface area contributed by atoms with Gasteiger partial charge in [-0.15, -0.1) is 9.42 Å². The maximum Gasteiger partial charge on any atom is 0.694 e. The molecule has 4 aromatic rings. The van der Waals surface area contributed by atoms with E-state index in [-0.39, 0.29) is 36.9 Å². The Bertz CT molecular complexity index is 1770. The van der Waals surface area contributed by atoms with Crippen molar-refractivity contribution in [2.75, 3.05) is 25.6 Å². The highest BCUT2D eigenvalue weighted by atomic mass is 32.5. The van der Waals surface area contributed by atoms with Crippen molar-refractivity contribution in [2.45, 2.75) is 50.0 Å². The fraction of sp³-hybridized carbons (Fsp3) is 0.500. The molecule has 3 unspecified atom stereocenters. The van der Waals surface area contributed by atoms with E-state index in [0.29, 0.717) is 29.8 Å². The summed E-state index contributed by atoms with van der Waals surface area (Å²) in [6, 6.07) is 0. The number of ether oxygens (including phenoxy) is 2. The van der Waals surface area contributed by atoms with E-state index in [0.717, 1.165) is 12.5 Å². The summed E-state index contributed by atoms with van der Waals surface area (Å²) in [5.41, 5.74) is 0.471. The summed E-state index contributed by atoms with van der Waals surface area (Å²) in [7, 11) is -1.17. The molecule has 17 nitrogen and oxygen atoms in total. The molecule has 230 valence electrons. The van der Waals surface area contributed by atoms with Crippen LogP contribution in [0, 0.1) is 5.82 Å². The van der Waals surface area contributed by atoms with E-state index < -0.39 is 50.9 Å². The Kier molecular flexibility index (Phi) is 8.63. The van der Waals surface area contributed by atoms with Crippen molar-refractivity contribution in [1.29, 1.82) is 0 Å². The normalized spacial score (nSPS) is 25.9. The molecule has 6 rings (SSSR count). The molecule has 0 aromatic carbocycles. The van der Waals surface area contributed by atoms with E-state index in [1.807, 2.05) is 0 Å². The highest BCUT2D eigenvalue weighted by Gasteiger charge is 2.43. The maximum atomic E-state index is 14.7. The summed E-state index contributed by atoms with van der Waals surface area (Å²) in [6.45, 7) is -4.31. The maximum absolute atomic E-state index is 14.7. The van der Waals surface area contributed by atoms with Crippen molar-refractivity contribution in [3.05, 3.63) is 41.3 Å². The molecule has 21 heteroatoms. The number of nitrogens with one attached hydrogen (secondary N) is 2. The van der Waals surface area contributed by atoms with E-state index >= 15 is 0 Å². The zero-order valence-electron chi connectivity index (χ0n) is 22.3. The zero-order valence-corrected chi connectivity index (χ0v) is 25.0. The van der Waals surface area contributed by atoms with Gasteiger partial charge in [0.15, 0.2) is 29.2 Å². The molecule has 0 amide bonds. The third kappa shape index (κ3) is 6.23. The molecular weight excluding hydrogens is 633 g/mol. The van der Waals surface area contributed by atoms with Crippen molar-refractivity contribution >= 4 is 54.8 Å². The number of halogens is 1. The Balaban J connectivity index is 1.14. The first kappa shape index (κ1) is 30.2. The molecule has 6 heterocycles. The van der Waals surface area contributed by atoms with Crippen molar-refractivity contribution < 1.29 is 41.8 Å². The number of fused-ring (bicyclic) bond motifs is 2. The molecule has 4 aromatic heterocycles. The lowest BCUT2D eigenvalue weighted by molar-refractivity contribution is -0.0470.